The van der Waals surface area contributed by atoms with E-state index in [0.717, 1.165) is 25.9 Å². The van der Waals surface area contributed by atoms with E-state index in [4.69, 9.17) is 5.26 Å². The summed E-state index contributed by atoms with van der Waals surface area (Å²) in [5.74, 6) is 0. The second-order valence-corrected chi connectivity index (χ2v) is 2.79. The van der Waals surface area contributed by atoms with Crippen molar-refractivity contribution in [2.75, 3.05) is 13.1 Å². The SMILES string of the molecule is CC1(OO)CCNCC1. The third-order valence-corrected chi connectivity index (χ3v) is 1.88. The molecule has 9 heavy (non-hydrogen) atoms. The van der Waals surface area contributed by atoms with Crippen LogP contribution in [0.4, 0.5) is 0 Å². The Morgan fingerprint density at radius 1 is 1.44 bits per heavy atom. The zero-order valence-electron chi connectivity index (χ0n) is 5.68. The first-order valence-electron chi connectivity index (χ1n) is 3.30. The standard InChI is InChI=1S/C6H13NO2/c1-6(9-8)2-4-7-5-3-6/h7-8H,2-5H2,1H3. The van der Waals surface area contributed by atoms with Crippen LogP contribution in [-0.4, -0.2) is 23.9 Å². The molecule has 1 heterocycles. The van der Waals surface area contributed by atoms with Gasteiger partial charge in [0.05, 0.1) is 0 Å². The van der Waals surface area contributed by atoms with Gasteiger partial charge in [0.2, 0.25) is 0 Å². The topological polar surface area (TPSA) is 41.5 Å². The van der Waals surface area contributed by atoms with Crippen LogP contribution >= 0.6 is 0 Å². The van der Waals surface area contributed by atoms with Crippen molar-refractivity contribution in [1.29, 1.82) is 0 Å². The first-order valence-corrected chi connectivity index (χ1v) is 3.30. The molecule has 0 aromatic rings. The van der Waals surface area contributed by atoms with Gasteiger partial charge in [-0.15, -0.1) is 0 Å². The monoisotopic (exact) mass is 131 g/mol. The molecule has 1 rings (SSSR count). The molecule has 0 aromatic carbocycles. The van der Waals surface area contributed by atoms with E-state index in [-0.39, 0.29) is 5.60 Å². The molecule has 0 bridgehead atoms. The molecule has 0 spiro atoms. The van der Waals surface area contributed by atoms with Gasteiger partial charge in [-0.3, -0.25) is 5.26 Å². The molecule has 0 saturated carbocycles. The van der Waals surface area contributed by atoms with E-state index in [9.17, 15) is 0 Å². The Balaban J connectivity index is 2.37. The van der Waals surface area contributed by atoms with Gasteiger partial charge in [-0.25, -0.2) is 4.89 Å². The number of nitrogens with one attached hydrogen (secondary N) is 1. The highest BCUT2D eigenvalue weighted by Gasteiger charge is 2.27. The van der Waals surface area contributed by atoms with Crippen LogP contribution in [0, 0.1) is 0 Å². The van der Waals surface area contributed by atoms with Gasteiger partial charge in [0.25, 0.3) is 0 Å². The fourth-order valence-corrected chi connectivity index (χ4v) is 1.05. The summed E-state index contributed by atoms with van der Waals surface area (Å²) in [6.45, 7) is 3.81. The van der Waals surface area contributed by atoms with Gasteiger partial charge in [0.15, 0.2) is 0 Å². The number of piperidine rings is 1. The summed E-state index contributed by atoms with van der Waals surface area (Å²) in [4.78, 5) is 4.34. The lowest BCUT2D eigenvalue weighted by Crippen LogP contribution is -2.40. The molecule has 1 aliphatic rings. The van der Waals surface area contributed by atoms with E-state index in [2.05, 4.69) is 10.2 Å². The molecule has 0 unspecified atom stereocenters. The molecule has 2 N–H and O–H groups in total. The van der Waals surface area contributed by atoms with Crippen molar-refractivity contribution in [2.45, 2.75) is 25.4 Å². The molecule has 1 fully saturated rings. The zero-order valence-corrected chi connectivity index (χ0v) is 5.68. The van der Waals surface area contributed by atoms with Gasteiger partial charge < -0.3 is 5.32 Å². The van der Waals surface area contributed by atoms with Gasteiger partial charge in [-0.1, -0.05) is 0 Å². The van der Waals surface area contributed by atoms with E-state index in [1.54, 1.807) is 0 Å². The molecule has 0 aromatic heterocycles. The summed E-state index contributed by atoms with van der Waals surface area (Å²) in [5, 5.41) is 11.6. The first kappa shape index (κ1) is 6.99. The van der Waals surface area contributed by atoms with E-state index < -0.39 is 0 Å². The van der Waals surface area contributed by atoms with Crippen LogP contribution in [-0.2, 0) is 4.89 Å². The maximum absolute atomic E-state index is 8.42. The van der Waals surface area contributed by atoms with Crippen LogP contribution < -0.4 is 5.32 Å². The van der Waals surface area contributed by atoms with E-state index in [0.29, 0.717) is 0 Å². The predicted octanol–water partition coefficient (Wildman–Crippen LogP) is 0.618. The van der Waals surface area contributed by atoms with Crippen molar-refractivity contribution < 1.29 is 10.1 Å². The maximum Gasteiger partial charge on any atom is 0.103 e. The molecule has 0 radical (unpaired) electrons. The minimum Gasteiger partial charge on any atom is -0.317 e. The quantitative estimate of drug-likeness (QED) is 0.405. The van der Waals surface area contributed by atoms with Crippen molar-refractivity contribution in [2.24, 2.45) is 0 Å². The van der Waals surface area contributed by atoms with E-state index in [1.807, 2.05) is 6.92 Å². The molecule has 0 aliphatic carbocycles. The van der Waals surface area contributed by atoms with Gasteiger partial charge in [-0.05, 0) is 32.9 Å². The van der Waals surface area contributed by atoms with Crippen molar-refractivity contribution in [3.05, 3.63) is 0 Å². The lowest BCUT2D eigenvalue weighted by molar-refractivity contribution is -0.323. The third-order valence-electron chi connectivity index (χ3n) is 1.88. The summed E-state index contributed by atoms with van der Waals surface area (Å²) in [6.07, 6.45) is 1.78. The average Bonchev–Trinajstić information content (AvgIpc) is 1.90. The Morgan fingerprint density at radius 2 is 2.00 bits per heavy atom. The van der Waals surface area contributed by atoms with Gasteiger partial charge in [0, 0.05) is 0 Å². The third kappa shape index (κ3) is 1.64. The summed E-state index contributed by atoms with van der Waals surface area (Å²) in [6, 6.07) is 0. The van der Waals surface area contributed by atoms with Crippen LogP contribution in [0.3, 0.4) is 0 Å². The highest BCUT2D eigenvalue weighted by atomic mass is 17.1. The minimum atomic E-state index is -0.286. The van der Waals surface area contributed by atoms with Crippen molar-refractivity contribution in [3.63, 3.8) is 0 Å². The summed E-state index contributed by atoms with van der Waals surface area (Å²) < 4.78 is 0. The first-order chi connectivity index (χ1) is 4.27. The highest BCUT2D eigenvalue weighted by Crippen LogP contribution is 2.20. The lowest BCUT2D eigenvalue weighted by Gasteiger charge is -2.30. The van der Waals surface area contributed by atoms with Gasteiger partial charge in [0.1, 0.15) is 5.60 Å². The normalized spacial score (nSPS) is 26.0. The molecular weight excluding hydrogens is 118 g/mol. The van der Waals surface area contributed by atoms with Crippen molar-refractivity contribution >= 4 is 0 Å². The fraction of sp³-hybridized carbons (Fsp3) is 1.00. The Morgan fingerprint density at radius 3 is 2.33 bits per heavy atom. The maximum atomic E-state index is 8.42. The lowest BCUT2D eigenvalue weighted by atomic mass is 9.95. The summed E-state index contributed by atoms with van der Waals surface area (Å²) in [7, 11) is 0. The molecule has 54 valence electrons. The van der Waals surface area contributed by atoms with Crippen LogP contribution in [0.5, 0.6) is 0 Å². The van der Waals surface area contributed by atoms with Crippen molar-refractivity contribution in [3.8, 4) is 0 Å². The molecule has 1 saturated heterocycles. The number of rotatable bonds is 1. The summed E-state index contributed by atoms with van der Waals surface area (Å²) in [5.41, 5.74) is -0.286. The number of hydrogen-bond donors (Lipinski definition) is 2. The van der Waals surface area contributed by atoms with Crippen molar-refractivity contribution in [1.82, 2.24) is 5.32 Å². The Labute approximate surface area is 54.9 Å². The highest BCUT2D eigenvalue weighted by molar-refractivity contribution is 4.79. The molecular formula is C6H13NO2. The second-order valence-electron chi connectivity index (χ2n) is 2.79. The number of hydrogen-bond acceptors (Lipinski definition) is 3. The second kappa shape index (κ2) is 2.64. The largest absolute Gasteiger partial charge is 0.317 e. The molecule has 3 nitrogen and oxygen atoms in total. The Kier molecular flexibility index (Phi) is 2.05. The van der Waals surface area contributed by atoms with Gasteiger partial charge >= 0.3 is 0 Å². The van der Waals surface area contributed by atoms with Gasteiger partial charge in [-0.2, -0.15) is 0 Å². The zero-order chi connectivity index (χ0) is 6.74. The Bertz CT molecular complexity index is 89.1. The molecule has 1 aliphatic heterocycles. The predicted molar refractivity (Wildman–Crippen MR) is 34.2 cm³/mol. The van der Waals surface area contributed by atoms with E-state index in [1.165, 1.54) is 0 Å². The van der Waals surface area contributed by atoms with Crippen LogP contribution in [0.15, 0.2) is 0 Å². The minimum absolute atomic E-state index is 0.286. The fourth-order valence-electron chi connectivity index (χ4n) is 1.05. The Hall–Kier alpha value is -0.120. The van der Waals surface area contributed by atoms with Crippen LogP contribution in [0.2, 0.25) is 0 Å². The van der Waals surface area contributed by atoms with Crippen LogP contribution in [0.25, 0.3) is 0 Å². The smallest absolute Gasteiger partial charge is 0.103 e. The van der Waals surface area contributed by atoms with Crippen LogP contribution in [0.1, 0.15) is 19.8 Å². The molecule has 3 heteroatoms. The summed E-state index contributed by atoms with van der Waals surface area (Å²) >= 11 is 0. The molecule has 0 atom stereocenters. The van der Waals surface area contributed by atoms with E-state index >= 15 is 0 Å². The molecule has 0 amide bonds. The average molecular weight is 131 g/mol.